The van der Waals surface area contributed by atoms with Crippen molar-refractivity contribution in [2.45, 2.75) is 26.3 Å². The highest BCUT2D eigenvalue weighted by Crippen LogP contribution is 2.19. The van der Waals surface area contributed by atoms with Gasteiger partial charge in [0.1, 0.15) is 0 Å². The molecule has 112 valence electrons. The van der Waals surface area contributed by atoms with Crippen molar-refractivity contribution in [3.63, 3.8) is 0 Å². The third-order valence-electron chi connectivity index (χ3n) is 3.54. The maximum absolute atomic E-state index is 4.28. The molecule has 0 amide bonds. The Morgan fingerprint density at radius 3 is 2.67 bits per heavy atom. The van der Waals surface area contributed by atoms with E-state index in [9.17, 15) is 0 Å². The van der Waals surface area contributed by atoms with Gasteiger partial charge in [0.15, 0.2) is 5.96 Å². The second-order valence-corrected chi connectivity index (χ2v) is 6.13. The van der Waals surface area contributed by atoms with Crippen molar-refractivity contribution in [2.75, 3.05) is 13.6 Å². The van der Waals surface area contributed by atoms with Crippen molar-refractivity contribution < 1.29 is 0 Å². The van der Waals surface area contributed by atoms with Crippen LogP contribution in [0.1, 0.15) is 28.8 Å². The largest absolute Gasteiger partial charge is 0.356 e. The lowest BCUT2D eigenvalue weighted by Crippen LogP contribution is -2.38. The van der Waals surface area contributed by atoms with Crippen molar-refractivity contribution in [1.29, 1.82) is 0 Å². The molecule has 2 rings (SSSR count). The number of aryl methyl sites for hydroxylation is 1. The van der Waals surface area contributed by atoms with E-state index in [2.05, 4.69) is 71.3 Å². The summed E-state index contributed by atoms with van der Waals surface area (Å²) in [5.74, 6) is 1.34. The van der Waals surface area contributed by atoms with Crippen LogP contribution in [0.3, 0.4) is 0 Å². The molecule has 0 aliphatic heterocycles. The minimum Gasteiger partial charge on any atom is -0.356 e. The lowest BCUT2D eigenvalue weighted by atomic mass is 10.1. The number of nitrogens with one attached hydrogen (secondary N) is 2. The van der Waals surface area contributed by atoms with Crippen LogP contribution in [0.5, 0.6) is 0 Å². The summed E-state index contributed by atoms with van der Waals surface area (Å²) in [5, 5.41) is 8.88. The van der Waals surface area contributed by atoms with Gasteiger partial charge in [-0.1, -0.05) is 37.3 Å². The lowest BCUT2D eigenvalue weighted by molar-refractivity contribution is 0.708. The molecule has 1 atom stereocenters. The van der Waals surface area contributed by atoms with E-state index in [0.717, 1.165) is 19.0 Å². The minimum atomic E-state index is 0.488. The minimum absolute atomic E-state index is 0.488. The van der Waals surface area contributed by atoms with E-state index in [0.29, 0.717) is 5.92 Å². The average Bonchev–Trinajstić information content (AvgIpc) is 3.03. The van der Waals surface area contributed by atoms with Gasteiger partial charge in [0.05, 0.1) is 0 Å². The number of thiophene rings is 1. The van der Waals surface area contributed by atoms with Crippen molar-refractivity contribution in [3.8, 4) is 0 Å². The number of hydrogen-bond acceptors (Lipinski definition) is 2. The highest BCUT2D eigenvalue weighted by molar-refractivity contribution is 7.10. The molecule has 21 heavy (non-hydrogen) atoms. The molecule has 3 nitrogen and oxygen atoms in total. The first-order valence-electron chi connectivity index (χ1n) is 7.23. The summed E-state index contributed by atoms with van der Waals surface area (Å²) in [6.07, 6.45) is 0. The van der Waals surface area contributed by atoms with E-state index in [-0.39, 0.29) is 0 Å². The Morgan fingerprint density at radius 1 is 1.19 bits per heavy atom. The average molecular weight is 301 g/mol. The predicted octanol–water partition coefficient (Wildman–Crippen LogP) is 3.53. The Kier molecular flexibility index (Phi) is 5.81. The van der Waals surface area contributed by atoms with E-state index < -0.39 is 0 Å². The van der Waals surface area contributed by atoms with E-state index in [1.54, 1.807) is 11.3 Å². The van der Waals surface area contributed by atoms with Crippen LogP contribution in [-0.4, -0.2) is 19.6 Å². The van der Waals surface area contributed by atoms with Gasteiger partial charge in [-0.3, -0.25) is 4.99 Å². The Labute approximate surface area is 131 Å². The molecule has 2 N–H and O–H groups in total. The first-order valence-corrected chi connectivity index (χ1v) is 8.11. The summed E-state index contributed by atoms with van der Waals surface area (Å²) >= 11 is 1.80. The van der Waals surface area contributed by atoms with Gasteiger partial charge in [0.2, 0.25) is 0 Å². The number of benzene rings is 1. The Morgan fingerprint density at radius 2 is 2.00 bits per heavy atom. The highest BCUT2D eigenvalue weighted by Gasteiger charge is 2.07. The van der Waals surface area contributed by atoms with Gasteiger partial charge < -0.3 is 10.6 Å². The third kappa shape index (κ3) is 4.60. The van der Waals surface area contributed by atoms with Crippen LogP contribution >= 0.6 is 11.3 Å². The van der Waals surface area contributed by atoms with E-state index in [1.165, 1.54) is 16.0 Å². The van der Waals surface area contributed by atoms with Gasteiger partial charge in [-0.25, -0.2) is 0 Å². The van der Waals surface area contributed by atoms with Crippen molar-refractivity contribution in [3.05, 3.63) is 57.8 Å². The Hall–Kier alpha value is -1.81. The predicted molar refractivity (Wildman–Crippen MR) is 92.1 cm³/mol. The van der Waals surface area contributed by atoms with E-state index in [4.69, 9.17) is 0 Å². The van der Waals surface area contributed by atoms with Crippen LogP contribution in [0, 0.1) is 6.92 Å². The molecule has 1 aromatic heterocycles. The van der Waals surface area contributed by atoms with Crippen molar-refractivity contribution in [1.82, 2.24) is 10.6 Å². The van der Waals surface area contributed by atoms with Gasteiger partial charge in [-0.2, -0.15) is 0 Å². The van der Waals surface area contributed by atoms with Gasteiger partial charge >= 0.3 is 0 Å². The molecular formula is C17H23N3S. The quantitative estimate of drug-likeness (QED) is 0.655. The van der Waals surface area contributed by atoms with Gasteiger partial charge in [0, 0.05) is 30.9 Å². The molecule has 1 unspecified atom stereocenters. The molecule has 1 aromatic carbocycles. The summed E-state index contributed by atoms with van der Waals surface area (Å²) < 4.78 is 0. The van der Waals surface area contributed by atoms with Crippen molar-refractivity contribution in [2.24, 2.45) is 4.99 Å². The molecule has 0 saturated heterocycles. The normalized spacial score (nSPS) is 13.0. The van der Waals surface area contributed by atoms with E-state index >= 15 is 0 Å². The van der Waals surface area contributed by atoms with Gasteiger partial charge in [0.25, 0.3) is 0 Å². The number of guanidine groups is 1. The summed E-state index contributed by atoms with van der Waals surface area (Å²) in [6.45, 7) is 6.03. The fraction of sp³-hybridized carbons (Fsp3) is 0.353. The second-order valence-electron chi connectivity index (χ2n) is 5.15. The Balaban J connectivity index is 1.83. The fourth-order valence-electron chi connectivity index (χ4n) is 2.13. The smallest absolute Gasteiger partial charge is 0.191 e. The van der Waals surface area contributed by atoms with Crippen LogP contribution in [-0.2, 0) is 6.54 Å². The fourth-order valence-corrected chi connectivity index (χ4v) is 2.92. The number of hydrogen-bond donors (Lipinski definition) is 2. The molecule has 0 bridgehead atoms. The molecule has 0 aliphatic rings. The highest BCUT2D eigenvalue weighted by atomic mass is 32.1. The second kappa shape index (κ2) is 7.84. The van der Waals surface area contributed by atoms with Crippen LogP contribution in [0.2, 0.25) is 0 Å². The van der Waals surface area contributed by atoms with Crippen molar-refractivity contribution >= 4 is 17.3 Å². The first kappa shape index (κ1) is 15.6. The summed E-state index contributed by atoms with van der Waals surface area (Å²) in [5.41, 5.74) is 2.60. The molecule has 0 spiro atoms. The van der Waals surface area contributed by atoms with Crippen LogP contribution < -0.4 is 10.6 Å². The van der Waals surface area contributed by atoms with Crippen LogP contribution in [0.4, 0.5) is 0 Å². The summed E-state index contributed by atoms with van der Waals surface area (Å²) in [7, 11) is 1.81. The number of aliphatic imine (C=N–C) groups is 1. The van der Waals surface area contributed by atoms with E-state index in [1.807, 2.05) is 7.05 Å². The zero-order valence-electron chi connectivity index (χ0n) is 12.9. The van der Waals surface area contributed by atoms with Gasteiger partial charge in [-0.15, -0.1) is 11.3 Å². The number of rotatable bonds is 5. The maximum Gasteiger partial charge on any atom is 0.191 e. The first-order chi connectivity index (χ1) is 10.2. The molecule has 2 aromatic rings. The zero-order chi connectivity index (χ0) is 15.1. The molecular weight excluding hydrogens is 278 g/mol. The van der Waals surface area contributed by atoms with Gasteiger partial charge in [-0.05, 0) is 29.5 Å². The van der Waals surface area contributed by atoms with Crippen LogP contribution in [0.15, 0.2) is 46.8 Å². The molecule has 0 aliphatic carbocycles. The number of nitrogens with zero attached hydrogens (tertiary/aromatic N) is 1. The topological polar surface area (TPSA) is 36.4 Å². The van der Waals surface area contributed by atoms with Crippen LogP contribution in [0.25, 0.3) is 0 Å². The third-order valence-corrected chi connectivity index (χ3v) is 4.64. The Bertz CT molecular complexity index is 575. The standard InChI is InChI=1S/C17H23N3S/c1-13-7-4-5-8-15(13)12-20-17(18-3)19-11-14(2)16-9-6-10-21-16/h4-10,14H,11-12H2,1-3H3,(H2,18,19,20). The lowest BCUT2D eigenvalue weighted by Gasteiger charge is -2.16. The molecule has 0 fully saturated rings. The zero-order valence-corrected chi connectivity index (χ0v) is 13.7. The molecule has 0 radical (unpaired) electrons. The maximum atomic E-state index is 4.28. The molecule has 1 heterocycles. The SMILES string of the molecule is CN=C(NCc1ccccc1C)NCC(C)c1cccs1. The molecule has 4 heteroatoms. The summed E-state index contributed by atoms with van der Waals surface area (Å²) in [4.78, 5) is 5.68. The summed E-state index contributed by atoms with van der Waals surface area (Å²) in [6, 6.07) is 12.7. The monoisotopic (exact) mass is 301 g/mol. The molecule has 0 saturated carbocycles.